The summed E-state index contributed by atoms with van der Waals surface area (Å²) in [6.45, 7) is 4.09. The number of likely N-dealkylation sites (tertiary alicyclic amines) is 1. The summed E-state index contributed by atoms with van der Waals surface area (Å²) < 4.78 is 0. The minimum atomic E-state index is -0.449. The smallest absolute Gasteiger partial charge is 0.110 e. The lowest BCUT2D eigenvalue weighted by Crippen LogP contribution is -2.47. The first-order valence-corrected chi connectivity index (χ1v) is 7.43. The molecule has 1 atom stereocenters. The number of hydrogen-bond donors (Lipinski definition) is 0. The topological polar surface area (TPSA) is 27.0 Å². The number of hydrogen-bond acceptors (Lipinski definition) is 2. The summed E-state index contributed by atoms with van der Waals surface area (Å²) in [6.07, 6.45) is 5.65. The third-order valence-electron chi connectivity index (χ3n) is 4.04. The molecule has 1 aliphatic rings. The van der Waals surface area contributed by atoms with Gasteiger partial charge in [0, 0.05) is 11.4 Å². The van der Waals surface area contributed by atoms with E-state index in [-0.39, 0.29) is 0 Å². The van der Waals surface area contributed by atoms with E-state index in [0.717, 1.165) is 23.7 Å². The van der Waals surface area contributed by atoms with Crippen LogP contribution in [0.3, 0.4) is 0 Å². The monoisotopic (exact) mass is 276 g/mol. The van der Waals surface area contributed by atoms with Gasteiger partial charge in [0.1, 0.15) is 5.54 Å². The molecule has 1 saturated heterocycles. The molecule has 0 N–H and O–H groups in total. The maximum atomic E-state index is 9.65. The first-order valence-electron chi connectivity index (χ1n) is 7.05. The Balaban J connectivity index is 2.18. The molecule has 0 aromatic heterocycles. The van der Waals surface area contributed by atoms with Crippen molar-refractivity contribution >= 4 is 11.6 Å². The SMILES string of the molecule is CC(C#N)(Cc1ccccc1Cl)N1CCCCCC1. The number of nitriles is 1. The van der Waals surface area contributed by atoms with Gasteiger partial charge in [-0.1, -0.05) is 42.6 Å². The van der Waals surface area contributed by atoms with Crippen LogP contribution in [0.1, 0.15) is 38.2 Å². The van der Waals surface area contributed by atoms with Crippen molar-refractivity contribution in [2.24, 2.45) is 0 Å². The zero-order chi connectivity index (χ0) is 13.7. The van der Waals surface area contributed by atoms with E-state index >= 15 is 0 Å². The quantitative estimate of drug-likeness (QED) is 0.833. The molecule has 1 aromatic carbocycles. The van der Waals surface area contributed by atoms with Crippen molar-refractivity contribution in [3.63, 3.8) is 0 Å². The van der Waals surface area contributed by atoms with Gasteiger partial charge in [-0.05, 0) is 44.5 Å². The first-order chi connectivity index (χ1) is 9.15. The maximum Gasteiger partial charge on any atom is 0.110 e. The van der Waals surface area contributed by atoms with Crippen molar-refractivity contribution in [1.82, 2.24) is 4.90 Å². The molecular formula is C16H21ClN2. The number of nitrogens with zero attached hydrogens (tertiary/aromatic N) is 2. The molecule has 0 bridgehead atoms. The van der Waals surface area contributed by atoms with E-state index in [9.17, 15) is 5.26 Å². The lowest BCUT2D eigenvalue weighted by molar-refractivity contribution is 0.157. The lowest BCUT2D eigenvalue weighted by atomic mass is 9.92. The van der Waals surface area contributed by atoms with Crippen LogP contribution in [0.4, 0.5) is 0 Å². The summed E-state index contributed by atoms with van der Waals surface area (Å²) >= 11 is 6.23. The minimum absolute atomic E-state index is 0.449. The minimum Gasteiger partial charge on any atom is -0.285 e. The lowest BCUT2D eigenvalue weighted by Gasteiger charge is -2.35. The Bertz CT molecular complexity index is 458. The molecule has 0 saturated carbocycles. The Morgan fingerprint density at radius 1 is 1.21 bits per heavy atom. The fourth-order valence-electron chi connectivity index (χ4n) is 2.80. The summed E-state index contributed by atoms with van der Waals surface area (Å²) in [6, 6.07) is 10.4. The Hall–Kier alpha value is -1.04. The third-order valence-corrected chi connectivity index (χ3v) is 4.41. The molecule has 2 rings (SSSR count). The van der Waals surface area contributed by atoms with Gasteiger partial charge in [0.15, 0.2) is 0 Å². The van der Waals surface area contributed by atoms with Crippen LogP contribution in [0.5, 0.6) is 0 Å². The predicted molar refractivity (Wildman–Crippen MR) is 79.2 cm³/mol. The highest BCUT2D eigenvalue weighted by Gasteiger charge is 2.32. The maximum absolute atomic E-state index is 9.65. The van der Waals surface area contributed by atoms with Crippen LogP contribution in [-0.4, -0.2) is 23.5 Å². The summed E-state index contributed by atoms with van der Waals surface area (Å²) in [5.41, 5.74) is 0.618. The van der Waals surface area contributed by atoms with E-state index in [1.165, 1.54) is 25.7 Å². The van der Waals surface area contributed by atoms with Gasteiger partial charge < -0.3 is 0 Å². The first kappa shape index (κ1) is 14.4. The summed E-state index contributed by atoms with van der Waals surface area (Å²) in [5, 5.41) is 10.4. The molecule has 2 nitrogen and oxygen atoms in total. The molecule has 0 amide bonds. The van der Waals surface area contributed by atoms with Crippen LogP contribution < -0.4 is 0 Å². The molecular weight excluding hydrogens is 256 g/mol. The van der Waals surface area contributed by atoms with E-state index < -0.39 is 5.54 Å². The van der Waals surface area contributed by atoms with Gasteiger partial charge in [-0.3, -0.25) is 4.90 Å². The standard InChI is InChI=1S/C16H21ClN2/c1-16(13-18,19-10-6-2-3-7-11-19)12-14-8-4-5-9-15(14)17/h4-5,8-9H,2-3,6-7,10-12H2,1H3. The number of rotatable bonds is 3. The average Bonchev–Trinajstić information content (AvgIpc) is 2.71. The van der Waals surface area contributed by atoms with Crippen molar-refractivity contribution in [2.75, 3.05) is 13.1 Å². The Morgan fingerprint density at radius 3 is 2.42 bits per heavy atom. The van der Waals surface area contributed by atoms with E-state index in [1.807, 2.05) is 31.2 Å². The van der Waals surface area contributed by atoms with Gasteiger partial charge >= 0.3 is 0 Å². The van der Waals surface area contributed by atoms with Crippen LogP contribution >= 0.6 is 11.6 Å². The average molecular weight is 277 g/mol. The Kier molecular flexibility index (Phi) is 4.85. The molecule has 3 heteroatoms. The van der Waals surface area contributed by atoms with Crippen LogP contribution in [0, 0.1) is 11.3 Å². The zero-order valence-corrected chi connectivity index (χ0v) is 12.3. The second-order valence-electron chi connectivity index (χ2n) is 5.56. The van der Waals surface area contributed by atoms with Gasteiger partial charge in [0.2, 0.25) is 0 Å². The zero-order valence-electron chi connectivity index (χ0n) is 11.5. The molecule has 1 aliphatic heterocycles. The van der Waals surface area contributed by atoms with Crippen molar-refractivity contribution in [1.29, 1.82) is 5.26 Å². The normalized spacial score (nSPS) is 20.3. The van der Waals surface area contributed by atoms with Gasteiger partial charge in [-0.2, -0.15) is 5.26 Å². The van der Waals surface area contributed by atoms with Crippen LogP contribution in [0.25, 0.3) is 0 Å². The van der Waals surface area contributed by atoms with Gasteiger partial charge in [-0.25, -0.2) is 0 Å². The summed E-state index contributed by atoms with van der Waals surface area (Å²) in [5.74, 6) is 0. The highest BCUT2D eigenvalue weighted by molar-refractivity contribution is 6.31. The Labute approximate surface area is 121 Å². The van der Waals surface area contributed by atoms with E-state index in [2.05, 4.69) is 11.0 Å². The fraction of sp³-hybridized carbons (Fsp3) is 0.562. The molecule has 19 heavy (non-hydrogen) atoms. The molecule has 102 valence electrons. The number of halogens is 1. The van der Waals surface area contributed by atoms with Crippen LogP contribution in [0.2, 0.25) is 5.02 Å². The molecule has 1 unspecified atom stereocenters. The van der Waals surface area contributed by atoms with Crippen LogP contribution in [-0.2, 0) is 6.42 Å². The van der Waals surface area contributed by atoms with Crippen LogP contribution in [0.15, 0.2) is 24.3 Å². The molecule has 1 aromatic rings. The Morgan fingerprint density at radius 2 is 1.84 bits per heavy atom. The number of benzene rings is 1. The highest BCUT2D eigenvalue weighted by Crippen LogP contribution is 2.27. The van der Waals surface area contributed by atoms with Gasteiger partial charge in [-0.15, -0.1) is 0 Å². The van der Waals surface area contributed by atoms with E-state index in [0.29, 0.717) is 6.42 Å². The van der Waals surface area contributed by atoms with E-state index in [1.54, 1.807) is 0 Å². The molecule has 0 aliphatic carbocycles. The van der Waals surface area contributed by atoms with E-state index in [4.69, 9.17) is 11.6 Å². The molecule has 0 spiro atoms. The molecule has 1 fully saturated rings. The predicted octanol–water partition coefficient (Wildman–Crippen LogP) is 4.04. The molecule has 0 radical (unpaired) electrons. The second kappa shape index (κ2) is 6.41. The van der Waals surface area contributed by atoms with Crippen molar-refractivity contribution in [3.8, 4) is 6.07 Å². The van der Waals surface area contributed by atoms with Crippen molar-refractivity contribution in [3.05, 3.63) is 34.9 Å². The fourth-order valence-corrected chi connectivity index (χ4v) is 3.00. The second-order valence-corrected chi connectivity index (χ2v) is 5.96. The molecule has 1 heterocycles. The van der Waals surface area contributed by atoms with Gasteiger partial charge in [0.05, 0.1) is 6.07 Å². The highest BCUT2D eigenvalue weighted by atomic mass is 35.5. The van der Waals surface area contributed by atoms with Gasteiger partial charge in [0.25, 0.3) is 0 Å². The largest absolute Gasteiger partial charge is 0.285 e. The third kappa shape index (κ3) is 3.49. The summed E-state index contributed by atoms with van der Waals surface area (Å²) in [7, 11) is 0. The van der Waals surface area contributed by atoms with Crippen molar-refractivity contribution in [2.45, 2.75) is 44.6 Å². The van der Waals surface area contributed by atoms with Crippen molar-refractivity contribution < 1.29 is 0 Å². The summed E-state index contributed by atoms with van der Waals surface area (Å²) in [4.78, 5) is 2.34.